The van der Waals surface area contributed by atoms with Crippen molar-refractivity contribution < 1.29 is 4.39 Å². The van der Waals surface area contributed by atoms with E-state index >= 15 is 0 Å². The minimum absolute atomic E-state index is 0.0229. The average molecular weight is 293 g/mol. The molecule has 0 radical (unpaired) electrons. The highest BCUT2D eigenvalue weighted by molar-refractivity contribution is 5.29. The molecule has 1 nitrogen and oxygen atoms in total. The summed E-state index contributed by atoms with van der Waals surface area (Å²) in [6, 6.07) is 4.89. The molecule has 21 heavy (non-hydrogen) atoms. The summed E-state index contributed by atoms with van der Waals surface area (Å²) in [5.41, 5.74) is 8.26. The van der Waals surface area contributed by atoms with E-state index in [4.69, 9.17) is 5.73 Å². The second kappa shape index (κ2) is 10.8. The van der Waals surface area contributed by atoms with Gasteiger partial charge in [0.1, 0.15) is 5.82 Å². The van der Waals surface area contributed by atoms with Crippen molar-refractivity contribution in [2.24, 2.45) is 5.73 Å². The molecule has 0 heterocycles. The summed E-state index contributed by atoms with van der Waals surface area (Å²) in [6.45, 7) is 4.26. The number of hydrogen-bond acceptors (Lipinski definition) is 1. The summed E-state index contributed by atoms with van der Waals surface area (Å²) in [5, 5.41) is 0. The van der Waals surface area contributed by atoms with Gasteiger partial charge in [0.15, 0.2) is 0 Å². The molecule has 0 saturated carbocycles. The molecule has 0 spiro atoms. The van der Waals surface area contributed by atoms with Gasteiger partial charge >= 0.3 is 0 Å². The Hall–Kier alpha value is -0.890. The third kappa shape index (κ3) is 7.61. The van der Waals surface area contributed by atoms with Crippen molar-refractivity contribution >= 4 is 0 Å². The molecule has 1 aromatic rings. The van der Waals surface area contributed by atoms with Crippen LogP contribution in [0.1, 0.15) is 88.3 Å². The maximum atomic E-state index is 13.3. The van der Waals surface area contributed by atoms with Crippen LogP contribution in [0.3, 0.4) is 0 Å². The molecule has 0 aliphatic rings. The predicted molar refractivity (Wildman–Crippen MR) is 89.9 cm³/mol. The average Bonchev–Trinajstić information content (AvgIpc) is 2.48. The highest BCUT2D eigenvalue weighted by atomic mass is 19.1. The van der Waals surface area contributed by atoms with E-state index in [1.165, 1.54) is 57.4 Å². The van der Waals surface area contributed by atoms with E-state index in [2.05, 4.69) is 6.92 Å². The summed E-state index contributed by atoms with van der Waals surface area (Å²) in [6.07, 6.45) is 12.8. The lowest BCUT2D eigenvalue weighted by Crippen LogP contribution is -2.12. The first-order valence-corrected chi connectivity index (χ1v) is 8.66. The van der Waals surface area contributed by atoms with Gasteiger partial charge in [-0.15, -0.1) is 0 Å². The van der Waals surface area contributed by atoms with Crippen LogP contribution in [-0.4, -0.2) is 0 Å². The van der Waals surface area contributed by atoms with Crippen LogP contribution in [0.2, 0.25) is 0 Å². The van der Waals surface area contributed by atoms with Crippen LogP contribution in [0.5, 0.6) is 0 Å². The van der Waals surface area contributed by atoms with Crippen molar-refractivity contribution in [3.05, 3.63) is 35.1 Å². The Kier molecular flexibility index (Phi) is 9.32. The standard InChI is InChI=1S/C19H32FN/c1-3-4-5-6-7-8-9-10-11-12-19(21)18-15-17(20)14-13-16(18)2/h13-15,19H,3-12,21H2,1-2H3. The van der Waals surface area contributed by atoms with Crippen molar-refractivity contribution in [3.8, 4) is 0 Å². The van der Waals surface area contributed by atoms with Gasteiger partial charge < -0.3 is 5.73 Å². The molecule has 0 aliphatic carbocycles. The van der Waals surface area contributed by atoms with E-state index in [9.17, 15) is 4.39 Å². The van der Waals surface area contributed by atoms with Crippen LogP contribution in [0.25, 0.3) is 0 Å². The molecule has 120 valence electrons. The molecular weight excluding hydrogens is 261 g/mol. The lowest BCUT2D eigenvalue weighted by Gasteiger charge is -2.14. The lowest BCUT2D eigenvalue weighted by atomic mass is 9.96. The zero-order valence-electron chi connectivity index (χ0n) is 13.8. The largest absolute Gasteiger partial charge is 0.324 e. The number of halogens is 1. The summed E-state index contributed by atoms with van der Waals surface area (Å²) in [4.78, 5) is 0. The molecule has 1 aromatic carbocycles. The van der Waals surface area contributed by atoms with Gasteiger partial charge in [0, 0.05) is 6.04 Å². The summed E-state index contributed by atoms with van der Waals surface area (Å²) >= 11 is 0. The second-order valence-electron chi connectivity index (χ2n) is 6.22. The Labute approximate surface area is 130 Å². The number of rotatable bonds is 11. The maximum absolute atomic E-state index is 13.3. The fraction of sp³-hybridized carbons (Fsp3) is 0.684. The van der Waals surface area contributed by atoms with E-state index < -0.39 is 0 Å². The van der Waals surface area contributed by atoms with Gasteiger partial charge in [-0.3, -0.25) is 0 Å². The Morgan fingerprint density at radius 3 is 2.14 bits per heavy atom. The molecule has 0 saturated heterocycles. The SMILES string of the molecule is CCCCCCCCCCCC(N)c1cc(F)ccc1C. The summed E-state index contributed by atoms with van der Waals surface area (Å²) < 4.78 is 13.3. The highest BCUT2D eigenvalue weighted by Crippen LogP contribution is 2.22. The number of nitrogens with two attached hydrogens (primary N) is 1. The molecule has 1 unspecified atom stereocenters. The molecule has 1 rings (SSSR count). The Morgan fingerprint density at radius 1 is 0.952 bits per heavy atom. The zero-order chi connectivity index (χ0) is 15.5. The van der Waals surface area contributed by atoms with Crippen LogP contribution in [0, 0.1) is 12.7 Å². The highest BCUT2D eigenvalue weighted by Gasteiger charge is 2.09. The van der Waals surface area contributed by atoms with Crippen LogP contribution in [0.15, 0.2) is 18.2 Å². The minimum atomic E-state index is -0.182. The van der Waals surface area contributed by atoms with Crippen molar-refractivity contribution in [3.63, 3.8) is 0 Å². The monoisotopic (exact) mass is 293 g/mol. The van der Waals surface area contributed by atoms with Crippen molar-refractivity contribution in [1.29, 1.82) is 0 Å². The fourth-order valence-corrected chi connectivity index (χ4v) is 2.84. The third-order valence-corrected chi connectivity index (χ3v) is 4.26. The van der Waals surface area contributed by atoms with Gasteiger partial charge in [-0.25, -0.2) is 4.39 Å². The van der Waals surface area contributed by atoms with Crippen LogP contribution >= 0.6 is 0 Å². The topological polar surface area (TPSA) is 26.0 Å². The van der Waals surface area contributed by atoms with Gasteiger partial charge in [-0.05, 0) is 36.6 Å². The Morgan fingerprint density at radius 2 is 1.52 bits per heavy atom. The first-order chi connectivity index (χ1) is 10.1. The van der Waals surface area contributed by atoms with Gasteiger partial charge in [0.05, 0.1) is 0 Å². The molecule has 0 fully saturated rings. The van der Waals surface area contributed by atoms with Crippen molar-refractivity contribution in [2.75, 3.05) is 0 Å². The fourth-order valence-electron chi connectivity index (χ4n) is 2.84. The molecule has 0 bridgehead atoms. The molecule has 1 atom stereocenters. The van der Waals surface area contributed by atoms with Gasteiger partial charge in [0.2, 0.25) is 0 Å². The predicted octanol–water partition coefficient (Wildman–Crippen LogP) is 6.05. The van der Waals surface area contributed by atoms with E-state index in [-0.39, 0.29) is 11.9 Å². The number of aryl methyl sites for hydroxylation is 1. The summed E-state index contributed by atoms with van der Waals surface area (Å²) in [7, 11) is 0. The van der Waals surface area contributed by atoms with Crippen LogP contribution < -0.4 is 5.73 Å². The number of hydrogen-bond donors (Lipinski definition) is 1. The quantitative estimate of drug-likeness (QED) is 0.493. The zero-order valence-corrected chi connectivity index (χ0v) is 13.8. The van der Waals surface area contributed by atoms with E-state index in [0.717, 1.165) is 24.0 Å². The van der Waals surface area contributed by atoms with Crippen LogP contribution in [-0.2, 0) is 0 Å². The lowest BCUT2D eigenvalue weighted by molar-refractivity contribution is 0.529. The van der Waals surface area contributed by atoms with Gasteiger partial charge in [-0.2, -0.15) is 0 Å². The van der Waals surface area contributed by atoms with E-state index in [0.29, 0.717) is 0 Å². The first-order valence-electron chi connectivity index (χ1n) is 8.66. The Bertz CT molecular complexity index is 389. The molecule has 0 aliphatic heterocycles. The number of unbranched alkanes of at least 4 members (excludes halogenated alkanes) is 8. The second-order valence-corrected chi connectivity index (χ2v) is 6.22. The number of benzene rings is 1. The van der Waals surface area contributed by atoms with E-state index in [1.54, 1.807) is 6.07 Å². The first kappa shape index (κ1) is 18.2. The molecular formula is C19H32FN. The Balaban J connectivity index is 2.11. The van der Waals surface area contributed by atoms with Crippen molar-refractivity contribution in [2.45, 2.75) is 84.1 Å². The third-order valence-electron chi connectivity index (χ3n) is 4.26. The summed E-state index contributed by atoms with van der Waals surface area (Å²) in [5.74, 6) is -0.182. The van der Waals surface area contributed by atoms with Crippen molar-refractivity contribution in [1.82, 2.24) is 0 Å². The van der Waals surface area contributed by atoms with E-state index in [1.807, 2.05) is 13.0 Å². The molecule has 2 heteroatoms. The maximum Gasteiger partial charge on any atom is 0.123 e. The normalized spacial score (nSPS) is 12.6. The minimum Gasteiger partial charge on any atom is -0.324 e. The van der Waals surface area contributed by atoms with Crippen LogP contribution in [0.4, 0.5) is 4.39 Å². The molecule has 0 amide bonds. The van der Waals surface area contributed by atoms with Gasteiger partial charge in [0.25, 0.3) is 0 Å². The van der Waals surface area contributed by atoms with Gasteiger partial charge in [-0.1, -0.05) is 70.8 Å². The smallest absolute Gasteiger partial charge is 0.123 e. The molecule has 2 N–H and O–H groups in total. The molecule has 0 aromatic heterocycles.